The van der Waals surface area contributed by atoms with Crippen LogP contribution in [0, 0.1) is 0 Å². The van der Waals surface area contributed by atoms with Crippen molar-refractivity contribution in [2.75, 3.05) is 20.1 Å². The van der Waals surface area contributed by atoms with Crippen LogP contribution in [-0.2, 0) is 5.75 Å². The van der Waals surface area contributed by atoms with Crippen molar-refractivity contribution < 1.29 is 4.79 Å². The lowest BCUT2D eigenvalue weighted by atomic mass is 10.1. The summed E-state index contributed by atoms with van der Waals surface area (Å²) in [6.07, 6.45) is 1.01. The Hall–Kier alpha value is -1.73. The number of benzene rings is 2. The van der Waals surface area contributed by atoms with Gasteiger partial charge in [0.15, 0.2) is 5.16 Å². The van der Waals surface area contributed by atoms with Crippen LogP contribution in [0.1, 0.15) is 22.3 Å². The summed E-state index contributed by atoms with van der Waals surface area (Å²) in [6.45, 7) is 1.85. The van der Waals surface area contributed by atoms with Gasteiger partial charge in [-0.25, -0.2) is 4.98 Å². The molecule has 0 radical (unpaired) electrons. The minimum atomic E-state index is 0. The Bertz CT molecular complexity index is 894. The third-order valence-corrected chi connectivity index (χ3v) is 5.80. The molecule has 5 nitrogen and oxygen atoms in total. The average Bonchev–Trinajstić information content (AvgIpc) is 3.34. The van der Waals surface area contributed by atoms with Gasteiger partial charge >= 0.3 is 0 Å². The zero-order valence-electron chi connectivity index (χ0n) is 15.6. The Kier molecular flexibility index (Phi) is 8.19. The van der Waals surface area contributed by atoms with Crippen molar-refractivity contribution in [3.63, 3.8) is 0 Å². The molecule has 8 heteroatoms. The fourth-order valence-corrected chi connectivity index (χ4v) is 4.21. The summed E-state index contributed by atoms with van der Waals surface area (Å²) in [7, 11) is 1.91. The second-order valence-corrected chi connectivity index (χ2v) is 7.53. The molecule has 1 unspecified atom stereocenters. The van der Waals surface area contributed by atoms with Crippen LogP contribution in [0.2, 0.25) is 0 Å². The number of H-pyrrole nitrogens is 1. The predicted octanol–water partition coefficient (Wildman–Crippen LogP) is 4.13. The fraction of sp³-hybridized carbons (Fsp3) is 0.300. The molecule has 0 saturated carbocycles. The second-order valence-electron chi connectivity index (χ2n) is 6.57. The number of nitrogens with zero attached hydrogens (tertiary/aromatic N) is 2. The lowest BCUT2D eigenvalue weighted by Gasteiger charge is -2.24. The molecule has 2 N–H and O–H groups in total. The number of aromatic amines is 1. The van der Waals surface area contributed by atoms with Crippen molar-refractivity contribution in [3.05, 3.63) is 59.7 Å². The van der Waals surface area contributed by atoms with Crippen molar-refractivity contribution in [1.82, 2.24) is 20.2 Å². The van der Waals surface area contributed by atoms with E-state index in [0.717, 1.165) is 46.8 Å². The monoisotopic (exact) mass is 438 g/mol. The average molecular weight is 439 g/mol. The van der Waals surface area contributed by atoms with Crippen LogP contribution in [0.15, 0.2) is 53.7 Å². The van der Waals surface area contributed by atoms with Crippen LogP contribution < -0.4 is 5.32 Å². The lowest BCUT2D eigenvalue weighted by molar-refractivity contribution is 0.0743. The van der Waals surface area contributed by atoms with E-state index >= 15 is 0 Å². The minimum Gasteiger partial charge on any atom is -0.337 e. The number of hydrogen-bond donors (Lipinski definition) is 2. The quantitative estimate of drug-likeness (QED) is 0.587. The summed E-state index contributed by atoms with van der Waals surface area (Å²) in [5.74, 6) is 0.804. The van der Waals surface area contributed by atoms with E-state index in [9.17, 15) is 4.79 Å². The van der Waals surface area contributed by atoms with E-state index < -0.39 is 0 Å². The van der Waals surface area contributed by atoms with Crippen LogP contribution in [0.4, 0.5) is 0 Å². The summed E-state index contributed by atoms with van der Waals surface area (Å²) in [4.78, 5) is 22.8. The molecule has 1 amide bonds. The van der Waals surface area contributed by atoms with E-state index in [1.165, 1.54) is 0 Å². The number of thioether (sulfide) groups is 1. The van der Waals surface area contributed by atoms with E-state index in [2.05, 4.69) is 15.3 Å². The number of amides is 1. The zero-order valence-corrected chi connectivity index (χ0v) is 18.0. The van der Waals surface area contributed by atoms with Gasteiger partial charge in [-0.2, -0.15) is 0 Å². The number of fused-ring (bicyclic) bond motifs is 1. The predicted molar refractivity (Wildman–Crippen MR) is 120 cm³/mol. The minimum absolute atomic E-state index is 0. The molecule has 150 valence electrons. The highest BCUT2D eigenvalue weighted by Crippen LogP contribution is 2.25. The van der Waals surface area contributed by atoms with Gasteiger partial charge in [-0.05, 0) is 36.7 Å². The maximum Gasteiger partial charge on any atom is 0.254 e. The van der Waals surface area contributed by atoms with Crippen LogP contribution >= 0.6 is 36.6 Å². The summed E-state index contributed by atoms with van der Waals surface area (Å²) in [6, 6.07) is 16.2. The van der Waals surface area contributed by atoms with E-state index in [0.29, 0.717) is 5.75 Å². The Morgan fingerprint density at radius 1 is 1.18 bits per heavy atom. The molecule has 1 aliphatic heterocycles. The molecule has 0 bridgehead atoms. The molecule has 4 rings (SSSR count). The van der Waals surface area contributed by atoms with E-state index in [-0.39, 0.29) is 36.8 Å². The van der Waals surface area contributed by atoms with Gasteiger partial charge in [-0.3, -0.25) is 4.79 Å². The molecule has 1 fully saturated rings. The molecule has 28 heavy (non-hydrogen) atoms. The summed E-state index contributed by atoms with van der Waals surface area (Å²) < 4.78 is 0. The molecular formula is C20H24Cl2N4OS. The smallest absolute Gasteiger partial charge is 0.254 e. The number of likely N-dealkylation sites (N-methyl/N-ethyl adjacent to an activating group) is 1. The summed E-state index contributed by atoms with van der Waals surface area (Å²) in [5, 5.41) is 4.20. The fourth-order valence-electron chi connectivity index (χ4n) is 3.32. The van der Waals surface area contributed by atoms with E-state index in [1.54, 1.807) is 11.8 Å². The number of halogens is 2. The maximum atomic E-state index is 13.0. The maximum absolute atomic E-state index is 13.0. The van der Waals surface area contributed by atoms with Gasteiger partial charge in [0.25, 0.3) is 5.91 Å². The Morgan fingerprint density at radius 2 is 1.93 bits per heavy atom. The molecule has 3 aromatic rings. The largest absolute Gasteiger partial charge is 0.337 e. The van der Waals surface area contributed by atoms with Crippen LogP contribution in [-0.4, -0.2) is 47.0 Å². The number of carbonyl (C=O) groups excluding carboxylic acids is 1. The number of para-hydroxylation sites is 2. The lowest BCUT2D eigenvalue weighted by Crippen LogP contribution is -2.38. The van der Waals surface area contributed by atoms with E-state index in [4.69, 9.17) is 0 Å². The Labute approximate surface area is 181 Å². The van der Waals surface area contributed by atoms with Gasteiger partial charge in [0.05, 0.1) is 11.0 Å². The highest BCUT2D eigenvalue weighted by atomic mass is 35.5. The van der Waals surface area contributed by atoms with E-state index in [1.807, 2.05) is 60.5 Å². The van der Waals surface area contributed by atoms with Gasteiger partial charge in [0.2, 0.25) is 0 Å². The third-order valence-electron chi connectivity index (χ3n) is 4.88. The van der Waals surface area contributed by atoms with Gasteiger partial charge in [-0.1, -0.05) is 42.1 Å². The summed E-state index contributed by atoms with van der Waals surface area (Å²) >= 11 is 1.63. The second kappa shape index (κ2) is 10.2. The molecule has 2 aromatic carbocycles. The van der Waals surface area contributed by atoms with Crippen molar-refractivity contribution in [3.8, 4) is 0 Å². The third kappa shape index (κ3) is 4.81. The number of carbonyl (C=O) groups is 1. The van der Waals surface area contributed by atoms with Crippen LogP contribution in [0.5, 0.6) is 0 Å². The topological polar surface area (TPSA) is 61.0 Å². The van der Waals surface area contributed by atoms with Crippen LogP contribution in [0.3, 0.4) is 0 Å². The zero-order chi connectivity index (χ0) is 17.9. The first-order chi connectivity index (χ1) is 12.7. The first-order valence-electron chi connectivity index (χ1n) is 8.86. The molecule has 1 saturated heterocycles. The Balaban J connectivity index is 0.00000140. The number of nitrogens with one attached hydrogen (secondary N) is 2. The van der Waals surface area contributed by atoms with Crippen LogP contribution in [0.25, 0.3) is 11.0 Å². The molecule has 2 heterocycles. The molecule has 0 spiro atoms. The van der Waals surface area contributed by atoms with Gasteiger partial charge < -0.3 is 15.2 Å². The van der Waals surface area contributed by atoms with Crippen molar-refractivity contribution in [1.29, 1.82) is 0 Å². The number of aromatic nitrogens is 2. The Morgan fingerprint density at radius 3 is 2.68 bits per heavy atom. The molecule has 0 aliphatic carbocycles. The first kappa shape index (κ1) is 22.6. The van der Waals surface area contributed by atoms with Crippen molar-refractivity contribution >= 4 is 53.5 Å². The molecular weight excluding hydrogens is 415 g/mol. The molecule has 1 aliphatic rings. The van der Waals surface area contributed by atoms with Gasteiger partial charge in [0, 0.05) is 31.0 Å². The molecule has 1 atom stereocenters. The number of hydrogen-bond acceptors (Lipinski definition) is 4. The van der Waals surface area contributed by atoms with Gasteiger partial charge in [0.1, 0.15) is 0 Å². The summed E-state index contributed by atoms with van der Waals surface area (Å²) in [5.41, 5.74) is 3.83. The standard InChI is InChI=1S/C20H22N4OS.2ClH/c1-24(15-10-11-21-12-15)19(25)16-7-3-2-6-14(16)13-26-20-22-17-8-4-5-9-18(17)23-20;;/h2-9,15,21H,10-13H2,1H3,(H,22,23);2*1H. The SMILES string of the molecule is CN(C(=O)c1ccccc1CSc1nc2ccccc2[nH]1)C1CCNC1.Cl.Cl. The highest BCUT2D eigenvalue weighted by Gasteiger charge is 2.25. The molecule has 1 aromatic heterocycles. The number of imidazole rings is 1. The highest BCUT2D eigenvalue weighted by molar-refractivity contribution is 7.98. The van der Waals surface area contributed by atoms with Crippen molar-refractivity contribution in [2.24, 2.45) is 0 Å². The van der Waals surface area contributed by atoms with Gasteiger partial charge in [-0.15, -0.1) is 24.8 Å². The van der Waals surface area contributed by atoms with Crippen molar-refractivity contribution in [2.45, 2.75) is 23.4 Å². The normalized spacial score (nSPS) is 15.7. The first-order valence-corrected chi connectivity index (χ1v) is 9.84. The number of rotatable bonds is 5.